The van der Waals surface area contributed by atoms with Crippen LogP contribution in [0.2, 0.25) is 0 Å². The smallest absolute Gasteiger partial charge is 0.254 e. The molecule has 0 spiro atoms. The second-order valence-electron chi connectivity index (χ2n) is 6.94. The number of nitrogens with zero attached hydrogens (tertiary/aromatic N) is 3. The standard InChI is InChI=1S/C19H27N9O/c20-9-10-28(23)13-7-5-12(6-8-13)25-18-14(17(22)29)11-24-19(27-18)26-16-4-2-1-3-15(16)21/h5-11,15-16H,1-4,20-21,23H2,(H2,22,29)(H2,24,25,26,27)/b10-9-/t15-,16+/m0/s1. The molecule has 1 aliphatic carbocycles. The lowest BCUT2D eigenvalue weighted by molar-refractivity contribution is 0.100. The summed E-state index contributed by atoms with van der Waals surface area (Å²) in [5.41, 5.74) is 18.7. The molecule has 154 valence electrons. The van der Waals surface area contributed by atoms with Crippen LogP contribution in [0.3, 0.4) is 0 Å². The third-order valence-electron chi connectivity index (χ3n) is 4.86. The minimum absolute atomic E-state index is 0.0499. The Morgan fingerprint density at radius 1 is 1.21 bits per heavy atom. The van der Waals surface area contributed by atoms with Crippen LogP contribution in [0.15, 0.2) is 42.9 Å². The summed E-state index contributed by atoms with van der Waals surface area (Å²) in [7, 11) is 0. The number of amides is 1. The molecule has 2 aromatic rings. The Labute approximate surface area is 169 Å². The number of nitrogens with one attached hydrogen (secondary N) is 2. The molecule has 3 rings (SSSR count). The number of carbonyl (C=O) groups excluding carboxylic acids is 1. The molecule has 10 N–H and O–H groups in total. The minimum atomic E-state index is -0.619. The van der Waals surface area contributed by atoms with Crippen molar-refractivity contribution >= 4 is 29.0 Å². The van der Waals surface area contributed by atoms with E-state index in [0.717, 1.165) is 31.4 Å². The highest BCUT2D eigenvalue weighted by atomic mass is 16.1. The highest BCUT2D eigenvalue weighted by Crippen LogP contribution is 2.24. The summed E-state index contributed by atoms with van der Waals surface area (Å²) < 4.78 is 0. The molecule has 1 heterocycles. The zero-order chi connectivity index (χ0) is 20.8. The Kier molecular flexibility index (Phi) is 6.47. The number of benzene rings is 1. The maximum atomic E-state index is 11.8. The largest absolute Gasteiger partial charge is 0.403 e. The van der Waals surface area contributed by atoms with Gasteiger partial charge in [0.2, 0.25) is 5.95 Å². The quantitative estimate of drug-likeness (QED) is 0.295. The van der Waals surface area contributed by atoms with Crippen molar-refractivity contribution in [3.63, 3.8) is 0 Å². The highest BCUT2D eigenvalue weighted by molar-refractivity contribution is 5.98. The Hall–Kier alpha value is -3.37. The lowest BCUT2D eigenvalue weighted by Gasteiger charge is -2.29. The molecule has 1 aromatic heterocycles. The van der Waals surface area contributed by atoms with Gasteiger partial charge in [0.05, 0.1) is 5.69 Å². The van der Waals surface area contributed by atoms with Gasteiger partial charge in [-0.1, -0.05) is 12.8 Å². The predicted molar refractivity (Wildman–Crippen MR) is 114 cm³/mol. The van der Waals surface area contributed by atoms with Gasteiger partial charge in [-0.15, -0.1) is 0 Å². The molecule has 1 aliphatic rings. The maximum Gasteiger partial charge on any atom is 0.254 e. The number of hydrogen-bond donors (Lipinski definition) is 6. The molecule has 0 saturated heterocycles. The first kappa shape index (κ1) is 20.4. The SMILES string of the molecule is N/C=C\N(N)c1ccc(Nc2nc(N[C@@H]3CCCC[C@@H]3N)ncc2C(N)=O)cc1. The third kappa shape index (κ3) is 5.12. The van der Waals surface area contributed by atoms with E-state index in [9.17, 15) is 4.79 Å². The fourth-order valence-electron chi connectivity index (χ4n) is 3.26. The van der Waals surface area contributed by atoms with Crippen LogP contribution in [0, 0.1) is 0 Å². The molecule has 10 nitrogen and oxygen atoms in total. The molecule has 0 unspecified atom stereocenters. The summed E-state index contributed by atoms with van der Waals surface area (Å²) in [5.74, 6) is 5.94. The zero-order valence-electron chi connectivity index (χ0n) is 16.1. The molecule has 10 heteroatoms. The van der Waals surface area contributed by atoms with Gasteiger partial charge in [-0.2, -0.15) is 4.98 Å². The molecule has 2 atom stereocenters. The van der Waals surface area contributed by atoms with E-state index in [1.165, 1.54) is 23.6 Å². The van der Waals surface area contributed by atoms with Crippen molar-refractivity contribution in [2.45, 2.75) is 37.8 Å². The maximum absolute atomic E-state index is 11.8. The van der Waals surface area contributed by atoms with E-state index >= 15 is 0 Å². The Morgan fingerprint density at radius 3 is 2.59 bits per heavy atom. The van der Waals surface area contributed by atoms with Crippen LogP contribution < -0.4 is 38.7 Å². The molecule has 29 heavy (non-hydrogen) atoms. The van der Waals surface area contributed by atoms with Crippen molar-refractivity contribution in [3.8, 4) is 0 Å². The van der Waals surface area contributed by atoms with Gasteiger partial charge in [0.1, 0.15) is 11.4 Å². The van der Waals surface area contributed by atoms with Crippen LogP contribution in [0.1, 0.15) is 36.0 Å². The third-order valence-corrected chi connectivity index (χ3v) is 4.86. The molecule has 0 radical (unpaired) electrons. The Balaban J connectivity index is 1.80. The van der Waals surface area contributed by atoms with Crippen molar-refractivity contribution in [1.82, 2.24) is 9.97 Å². The first-order valence-electron chi connectivity index (χ1n) is 9.46. The van der Waals surface area contributed by atoms with Crippen LogP contribution in [0.4, 0.5) is 23.1 Å². The lowest BCUT2D eigenvalue weighted by Crippen LogP contribution is -2.43. The molecular weight excluding hydrogens is 370 g/mol. The normalized spacial score (nSPS) is 19.1. The van der Waals surface area contributed by atoms with Gasteiger partial charge in [-0.25, -0.2) is 10.8 Å². The average Bonchev–Trinajstić information content (AvgIpc) is 2.70. The van der Waals surface area contributed by atoms with Crippen molar-refractivity contribution in [1.29, 1.82) is 0 Å². The Morgan fingerprint density at radius 2 is 1.93 bits per heavy atom. The second-order valence-corrected chi connectivity index (χ2v) is 6.94. The van der Waals surface area contributed by atoms with Gasteiger partial charge in [-0.3, -0.25) is 9.80 Å². The van der Waals surface area contributed by atoms with Crippen LogP contribution in [-0.4, -0.2) is 28.0 Å². The number of nitrogens with two attached hydrogens (primary N) is 4. The molecule has 0 bridgehead atoms. The number of hydrogen-bond acceptors (Lipinski definition) is 9. The summed E-state index contributed by atoms with van der Waals surface area (Å²) in [5, 5.41) is 7.78. The Bertz CT molecular complexity index is 868. The second kappa shape index (κ2) is 9.22. The van der Waals surface area contributed by atoms with Crippen LogP contribution in [0.25, 0.3) is 0 Å². The number of rotatable bonds is 7. The summed E-state index contributed by atoms with van der Waals surface area (Å²) in [6.45, 7) is 0. The zero-order valence-corrected chi connectivity index (χ0v) is 16.1. The molecule has 1 aromatic carbocycles. The number of carbonyl (C=O) groups is 1. The van der Waals surface area contributed by atoms with Crippen LogP contribution >= 0.6 is 0 Å². The van der Waals surface area contributed by atoms with Crippen molar-refractivity contribution in [3.05, 3.63) is 48.4 Å². The molecular formula is C19H27N9O. The summed E-state index contributed by atoms with van der Waals surface area (Å²) >= 11 is 0. The summed E-state index contributed by atoms with van der Waals surface area (Å²) in [4.78, 5) is 20.5. The van der Waals surface area contributed by atoms with Crippen LogP contribution in [-0.2, 0) is 0 Å². The molecule has 1 fully saturated rings. The first-order valence-corrected chi connectivity index (χ1v) is 9.46. The lowest BCUT2D eigenvalue weighted by atomic mass is 9.91. The molecule has 1 saturated carbocycles. The fraction of sp³-hybridized carbons (Fsp3) is 0.316. The van der Waals surface area contributed by atoms with Crippen LogP contribution in [0.5, 0.6) is 0 Å². The number of primary amides is 1. The average molecular weight is 397 g/mol. The van der Waals surface area contributed by atoms with E-state index in [-0.39, 0.29) is 17.6 Å². The minimum Gasteiger partial charge on any atom is -0.403 e. The van der Waals surface area contributed by atoms with E-state index in [4.69, 9.17) is 23.0 Å². The number of aromatic nitrogens is 2. The van der Waals surface area contributed by atoms with Gasteiger partial charge in [-0.05, 0) is 37.1 Å². The van der Waals surface area contributed by atoms with E-state index in [1.807, 2.05) is 0 Å². The van der Waals surface area contributed by atoms with E-state index < -0.39 is 5.91 Å². The summed E-state index contributed by atoms with van der Waals surface area (Å²) in [6.07, 6.45) is 8.46. The van der Waals surface area contributed by atoms with Crippen molar-refractivity contribution in [2.24, 2.45) is 23.0 Å². The van der Waals surface area contributed by atoms with E-state index in [0.29, 0.717) is 17.5 Å². The fourth-order valence-corrected chi connectivity index (χ4v) is 3.26. The van der Waals surface area contributed by atoms with Gasteiger partial charge in [0.15, 0.2) is 0 Å². The first-order chi connectivity index (χ1) is 14.0. The number of hydrazine groups is 1. The topological polar surface area (TPSA) is 174 Å². The number of anilines is 4. The summed E-state index contributed by atoms with van der Waals surface area (Å²) in [6, 6.07) is 7.35. The molecule has 1 amide bonds. The monoisotopic (exact) mass is 397 g/mol. The highest BCUT2D eigenvalue weighted by Gasteiger charge is 2.23. The van der Waals surface area contributed by atoms with Gasteiger partial charge in [0, 0.05) is 36.4 Å². The van der Waals surface area contributed by atoms with E-state index in [2.05, 4.69) is 20.6 Å². The van der Waals surface area contributed by atoms with Crippen molar-refractivity contribution in [2.75, 3.05) is 15.6 Å². The van der Waals surface area contributed by atoms with Gasteiger partial charge < -0.3 is 27.8 Å². The molecule has 0 aliphatic heterocycles. The van der Waals surface area contributed by atoms with Gasteiger partial charge >= 0.3 is 0 Å². The van der Waals surface area contributed by atoms with Crippen molar-refractivity contribution < 1.29 is 4.79 Å². The van der Waals surface area contributed by atoms with E-state index in [1.54, 1.807) is 24.3 Å². The van der Waals surface area contributed by atoms with Gasteiger partial charge in [0.25, 0.3) is 5.91 Å². The predicted octanol–water partition coefficient (Wildman–Crippen LogP) is 1.11.